The molecular formula is C104H71BrCl2F6IN14O10Pt5-5. The summed E-state index contributed by atoms with van der Waals surface area (Å²) in [5.74, 6) is -10.4. The quantitative estimate of drug-likeness (QED) is 0.0269. The molecular weight excluding hydrogens is 2970 g/mol. The number of rotatable bonds is 20. The number of pyridine rings is 10. The van der Waals surface area contributed by atoms with Gasteiger partial charge in [-0.2, -0.15) is 23.2 Å². The number of aromatic nitrogens is 10. The summed E-state index contributed by atoms with van der Waals surface area (Å²) in [4.78, 5) is 113. The molecule has 0 radical (unpaired) electrons. The number of nitrogens with zero attached hydrogens (tertiary/aromatic N) is 14. The average molecular weight is 3040 g/mol. The second kappa shape index (κ2) is 51.3. The minimum atomic E-state index is -1.14. The zero-order chi connectivity index (χ0) is 101. The third-order valence-corrected chi connectivity index (χ3v) is 23.6. The van der Waals surface area contributed by atoms with E-state index in [1.54, 1.807) is 140 Å². The standard InChI is InChI=1S/C21H14BrFN3O2.C21H14Cl2N3O2.C21H14F2N3O2.C21H14FIN3O2.C20H15F2N2O2.5Pt/c3*1-21(2,17-9-5-7-15(26-17)20(27)28)16-8-4-6-14(25-16)12-10-11-13(22)19(24-3)18(12)23;1-21(2,17-9-5-7-15(26-17)20(27)28)16-8-4-6-14(25-16)12-10-11-13(23)19(24-3)18(12)22;1-20(2,18-8-4-6-16(24-18)19(25)26)17-7-3-5-15(23-17)13-10-9-12(21)11-14(13)22;;;;;/h4*4-9,11H,1-2H3,(H,27,28);3-9,11H,1-2H3,(H,25,26);;;;;/q5*-1;;;;;. The Morgan fingerprint density at radius 3 is 0.839 bits per heavy atom. The number of benzene rings is 5. The summed E-state index contributed by atoms with van der Waals surface area (Å²) in [5, 5.41) is 46.3. The molecule has 24 nitrogen and oxygen atoms in total. The fourth-order valence-corrected chi connectivity index (χ4v) is 15.0. The van der Waals surface area contributed by atoms with Crippen LogP contribution in [0.25, 0.3) is 75.7 Å². The van der Waals surface area contributed by atoms with E-state index >= 15 is 0 Å². The molecule has 15 aromatic rings. The second-order valence-corrected chi connectivity index (χ2v) is 35.2. The van der Waals surface area contributed by atoms with Crippen molar-refractivity contribution in [1.29, 1.82) is 0 Å². The molecule has 742 valence electrons. The second-order valence-electron chi connectivity index (χ2n) is 32.4. The van der Waals surface area contributed by atoms with Crippen molar-refractivity contribution in [2.75, 3.05) is 0 Å². The van der Waals surface area contributed by atoms with Gasteiger partial charge in [-0.3, -0.25) is 45.7 Å². The predicted molar refractivity (Wildman–Crippen MR) is 514 cm³/mol. The zero-order valence-electron chi connectivity index (χ0n) is 75.7. The number of carbonyl (C=O) groups is 5. The van der Waals surface area contributed by atoms with Gasteiger partial charge >= 0.3 is 29.8 Å². The van der Waals surface area contributed by atoms with Crippen LogP contribution in [0.15, 0.2) is 223 Å². The number of hydrogen-bond acceptors (Lipinski definition) is 15. The number of carboxylic acids is 5. The molecule has 0 atom stereocenters. The molecule has 5 aromatic carbocycles. The Morgan fingerprint density at radius 2 is 0.552 bits per heavy atom. The van der Waals surface area contributed by atoms with Crippen molar-refractivity contribution in [2.45, 2.75) is 96.3 Å². The van der Waals surface area contributed by atoms with Gasteiger partial charge in [-0.15, -0.1) is 121 Å². The molecule has 0 saturated heterocycles. The van der Waals surface area contributed by atoms with Crippen molar-refractivity contribution in [3.05, 3.63) is 433 Å². The molecule has 0 aliphatic rings. The van der Waals surface area contributed by atoms with Gasteiger partial charge in [0.15, 0.2) is 17.1 Å². The van der Waals surface area contributed by atoms with Gasteiger partial charge < -0.3 is 50.5 Å². The molecule has 0 aliphatic heterocycles. The first-order valence-corrected chi connectivity index (χ1v) is 43.3. The smallest absolute Gasteiger partial charge is 0.354 e. The van der Waals surface area contributed by atoms with E-state index in [0.29, 0.717) is 93.3 Å². The van der Waals surface area contributed by atoms with Crippen molar-refractivity contribution in [3.63, 3.8) is 0 Å². The molecule has 0 aliphatic carbocycles. The third-order valence-electron chi connectivity index (χ3n) is 21.6. The Morgan fingerprint density at radius 1 is 0.315 bits per heavy atom. The van der Waals surface area contributed by atoms with Gasteiger partial charge in [-0.25, -0.2) is 48.9 Å². The molecule has 15 rings (SSSR count). The van der Waals surface area contributed by atoms with Crippen LogP contribution in [0.1, 0.15) is 179 Å². The van der Waals surface area contributed by atoms with E-state index < -0.39 is 97.5 Å². The maximum Gasteiger partial charge on any atom is 0.354 e. The normalized spacial score (nSPS) is 10.8. The SMILES string of the molecule is CC(C)(c1cccc(C(=O)O)n1)c1cccc(-c2[c-]cc(F)cc2F)n1.[C-]#[N+]c1c(Br)c[c-]c(-c2cccc(C(C)(C)c3cccc(C(=O)O)n3)n2)c1F.[C-]#[N+]c1c(Cl)c[c-]c(-c2cccc(C(C)(C)c3cccc(C(=O)O)n3)n2)c1Cl.[C-]#[N+]c1c(F)c[c-]c(-c2cccc(C(C)(C)c3cccc(C(=O)O)n3)n2)c1F.[C-]#[N+]c1c(I)c[c-]c(-c2cccc(C(C)(C)c3cccc(C(=O)O)n3)n2)c1F.[Pt].[Pt].[Pt].[Pt].[Pt]. The molecule has 0 fully saturated rings. The van der Waals surface area contributed by atoms with Crippen LogP contribution in [0.4, 0.5) is 49.1 Å². The summed E-state index contributed by atoms with van der Waals surface area (Å²) in [6, 6.07) is 70.5. The van der Waals surface area contributed by atoms with E-state index in [1.165, 1.54) is 48.5 Å². The zero-order valence-corrected chi connectivity index (χ0v) is 92.3. The Balaban J connectivity index is 0.000000271. The predicted octanol–water partition coefficient (Wildman–Crippen LogP) is 25.5. The summed E-state index contributed by atoms with van der Waals surface area (Å²) >= 11 is 17.4. The van der Waals surface area contributed by atoms with Crippen molar-refractivity contribution in [1.82, 2.24) is 49.8 Å². The molecule has 10 heterocycles. The van der Waals surface area contributed by atoms with Crippen molar-refractivity contribution < 1.29 is 181 Å². The first-order valence-electron chi connectivity index (χ1n) is 40.7. The minimum Gasteiger partial charge on any atom is -0.477 e. The fraction of sp³-hybridized carbons (Fsp3) is 0.144. The third kappa shape index (κ3) is 27.6. The molecule has 0 bridgehead atoms. The number of hydrogen-bond donors (Lipinski definition) is 5. The van der Waals surface area contributed by atoms with Crippen LogP contribution < -0.4 is 0 Å². The van der Waals surface area contributed by atoms with Crippen LogP contribution in [0.3, 0.4) is 0 Å². The largest absolute Gasteiger partial charge is 0.477 e. The van der Waals surface area contributed by atoms with Crippen LogP contribution in [0, 0.1) is 95.1 Å². The molecule has 0 saturated carbocycles. The van der Waals surface area contributed by atoms with Crippen LogP contribution >= 0.6 is 61.7 Å². The van der Waals surface area contributed by atoms with Gasteiger partial charge in [0.1, 0.15) is 34.2 Å². The monoisotopic (exact) mass is 3040 g/mol. The van der Waals surface area contributed by atoms with E-state index in [0.717, 1.165) is 18.2 Å². The number of carboxylic acid groups (broad SMARTS) is 5. The molecule has 143 heavy (non-hydrogen) atoms. The summed E-state index contributed by atoms with van der Waals surface area (Å²) in [7, 11) is 0. The van der Waals surface area contributed by atoms with Gasteiger partial charge in [0, 0.05) is 196 Å². The maximum atomic E-state index is 14.7. The number of halogens is 10. The maximum absolute atomic E-state index is 14.7. The molecule has 0 spiro atoms. The Kier molecular flexibility index (Phi) is 42.8. The van der Waals surface area contributed by atoms with E-state index in [1.807, 2.05) is 104 Å². The van der Waals surface area contributed by atoms with Gasteiger partial charge in [0.2, 0.25) is 0 Å². The molecule has 39 heteroatoms. The van der Waals surface area contributed by atoms with Crippen molar-refractivity contribution in [2.24, 2.45) is 0 Å². The van der Waals surface area contributed by atoms with Crippen molar-refractivity contribution >= 4 is 114 Å². The van der Waals surface area contributed by atoms with E-state index in [9.17, 15) is 65.6 Å². The first kappa shape index (κ1) is 119. The van der Waals surface area contributed by atoms with Gasteiger partial charge in [-0.05, 0) is 199 Å². The van der Waals surface area contributed by atoms with Crippen LogP contribution in [-0.4, -0.2) is 105 Å². The molecule has 5 N–H and O–H groups in total. The summed E-state index contributed by atoms with van der Waals surface area (Å²) in [6.07, 6.45) is 0. The topological polar surface area (TPSA) is 333 Å². The Hall–Kier alpha value is -12.3. The molecule has 0 amide bonds. The summed E-state index contributed by atoms with van der Waals surface area (Å²) in [6.45, 7) is 47.1. The molecule has 10 aromatic heterocycles. The fourth-order valence-electron chi connectivity index (χ4n) is 13.5. The van der Waals surface area contributed by atoms with E-state index in [4.69, 9.17) is 59.7 Å². The van der Waals surface area contributed by atoms with E-state index in [-0.39, 0.29) is 189 Å². The van der Waals surface area contributed by atoms with Crippen LogP contribution in [-0.2, 0) is 132 Å². The van der Waals surface area contributed by atoms with Gasteiger partial charge in [0.05, 0.1) is 54.8 Å². The molecule has 0 unspecified atom stereocenters. The van der Waals surface area contributed by atoms with Gasteiger partial charge in [0.25, 0.3) is 0 Å². The van der Waals surface area contributed by atoms with Crippen LogP contribution in [0.2, 0.25) is 10.0 Å². The van der Waals surface area contributed by atoms with Crippen molar-refractivity contribution in [3.8, 4) is 56.3 Å². The summed E-state index contributed by atoms with van der Waals surface area (Å²) in [5.41, 5.74) is 3.21. The van der Waals surface area contributed by atoms with E-state index in [2.05, 4.69) is 115 Å². The van der Waals surface area contributed by atoms with Gasteiger partial charge in [-0.1, -0.05) is 111 Å². The average Bonchev–Trinajstić information content (AvgIpc) is 0.780. The first-order chi connectivity index (χ1) is 65.3. The Labute approximate surface area is 921 Å². The minimum absolute atomic E-state index is 0. The summed E-state index contributed by atoms with van der Waals surface area (Å²) < 4.78 is 85.5. The number of aromatic carboxylic acids is 5. The van der Waals surface area contributed by atoms with Crippen LogP contribution in [0.5, 0.6) is 0 Å². The Bertz CT molecular complexity index is 6830.